The Hall–Kier alpha value is -2.58. The van der Waals surface area contributed by atoms with Gasteiger partial charge in [-0.3, -0.25) is 9.52 Å². The monoisotopic (exact) mass is 408 g/mol. The highest BCUT2D eigenvalue weighted by molar-refractivity contribution is 7.92. The van der Waals surface area contributed by atoms with Crippen LogP contribution in [0.5, 0.6) is 0 Å². The number of nitrogens with one attached hydrogen (secondary N) is 2. The molecule has 0 saturated heterocycles. The molecule has 1 aliphatic rings. The van der Waals surface area contributed by atoms with E-state index >= 15 is 0 Å². The first-order chi connectivity index (χ1) is 12.5. The third-order valence-electron chi connectivity index (χ3n) is 4.02. The number of esters is 1. The van der Waals surface area contributed by atoms with E-state index in [2.05, 4.69) is 10.0 Å². The molecule has 0 radical (unpaired) electrons. The molecule has 2 aromatic rings. The average Bonchev–Trinajstić information content (AvgIpc) is 2.77. The van der Waals surface area contributed by atoms with Gasteiger partial charge in [0.05, 0.1) is 23.1 Å². The van der Waals surface area contributed by atoms with Crippen molar-refractivity contribution in [1.82, 2.24) is 0 Å². The van der Waals surface area contributed by atoms with Crippen LogP contribution in [0.3, 0.4) is 0 Å². The Morgan fingerprint density at radius 3 is 2.52 bits per heavy atom. The third kappa shape index (κ3) is 4.06. The maximum atomic E-state index is 12.7. The van der Waals surface area contributed by atoms with Gasteiger partial charge < -0.3 is 10.1 Å². The minimum Gasteiger partial charge on any atom is -0.451 e. The number of sulfonamides is 1. The number of rotatable bonds is 4. The summed E-state index contributed by atoms with van der Waals surface area (Å²) in [6.45, 7) is 3.56. The minimum atomic E-state index is -3.58. The van der Waals surface area contributed by atoms with E-state index in [4.69, 9.17) is 16.3 Å². The number of carbonyl (C=O) groups is 2. The lowest BCUT2D eigenvalue weighted by Crippen LogP contribution is -2.18. The Kier molecular flexibility index (Phi) is 4.65. The molecule has 1 heterocycles. The lowest BCUT2D eigenvalue weighted by atomic mass is 9.95. The number of fused-ring (bicyclic) bond motifs is 1. The van der Waals surface area contributed by atoms with E-state index in [1.54, 1.807) is 26.0 Å². The number of halogens is 1. The van der Waals surface area contributed by atoms with Gasteiger partial charge in [0.15, 0.2) is 0 Å². The number of ether oxygens (including phenoxy) is 1. The molecule has 0 bridgehead atoms. The quantitative estimate of drug-likeness (QED) is 0.755. The maximum Gasteiger partial charge on any atom is 0.339 e. The molecule has 27 heavy (non-hydrogen) atoms. The van der Waals surface area contributed by atoms with Crippen molar-refractivity contribution < 1.29 is 22.7 Å². The number of anilines is 2. The van der Waals surface area contributed by atoms with Crippen molar-refractivity contribution in [3.05, 3.63) is 58.1 Å². The van der Waals surface area contributed by atoms with E-state index in [9.17, 15) is 18.0 Å². The Labute approximate surface area is 161 Å². The first kappa shape index (κ1) is 19.2. The lowest BCUT2D eigenvalue weighted by molar-refractivity contribution is 0.00953. The van der Waals surface area contributed by atoms with Crippen LogP contribution in [-0.4, -0.2) is 26.6 Å². The number of hydrogen-bond donors (Lipinski definition) is 2. The molecule has 9 heteroatoms. The van der Waals surface area contributed by atoms with Crippen molar-refractivity contribution in [3.8, 4) is 0 Å². The predicted octanol–water partition coefficient (Wildman–Crippen LogP) is 3.37. The SMILES string of the molecule is CC1(C)OC(=O)c2cc(NC(=O)c3cc(Cl)ccc3NS(C)(=O)=O)ccc21. The molecule has 0 aromatic heterocycles. The number of benzene rings is 2. The number of carbonyl (C=O) groups excluding carboxylic acids is 2. The fraction of sp³-hybridized carbons (Fsp3) is 0.222. The van der Waals surface area contributed by atoms with E-state index < -0.39 is 27.5 Å². The van der Waals surface area contributed by atoms with Crippen LogP contribution in [0.2, 0.25) is 5.02 Å². The second-order valence-electron chi connectivity index (χ2n) is 6.68. The fourth-order valence-corrected chi connectivity index (χ4v) is 3.60. The van der Waals surface area contributed by atoms with E-state index in [0.29, 0.717) is 11.3 Å². The summed E-state index contributed by atoms with van der Waals surface area (Å²) < 4.78 is 30.6. The number of cyclic esters (lactones) is 1. The summed E-state index contributed by atoms with van der Waals surface area (Å²) in [6, 6.07) is 9.12. The van der Waals surface area contributed by atoms with Crippen LogP contribution in [0.25, 0.3) is 0 Å². The summed E-state index contributed by atoms with van der Waals surface area (Å²) in [5, 5.41) is 2.93. The highest BCUT2D eigenvalue weighted by atomic mass is 35.5. The molecular weight excluding hydrogens is 392 g/mol. The second kappa shape index (κ2) is 6.54. The summed E-state index contributed by atoms with van der Waals surface area (Å²) in [5.41, 5.74) is 0.899. The molecule has 2 aromatic carbocycles. The summed E-state index contributed by atoms with van der Waals surface area (Å²) in [5.74, 6) is -1.04. The summed E-state index contributed by atoms with van der Waals surface area (Å²) in [6.07, 6.45) is 0.983. The van der Waals surface area contributed by atoms with Gasteiger partial charge in [-0.05, 0) is 44.2 Å². The molecule has 0 spiro atoms. The lowest BCUT2D eigenvalue weighted by Gasteiger charge is -2.17. The molecule has 142 valence electrons. The van der Waals surface area contributed by atoms with Crippen LogP contribution in [0.1, 0.15) is 40.1 Å². The van der Waals surface area contributed by atoms with Crippen LogP contribution in [-0.2, 0) is 20.4 Å². The molecular formula is C18H17ClN2O5S. The number of amides is 1. The van der Waals surface area contributed by atoms with Crippen molar-refractivity contribution in [2.24, 2.45) is 0 Å². The largest absolute Gasteiger partial charge is 0.451 e. The number of hydrogen-bond acceptors (Lipinski definition) is 5. The maximum absolute atomic E-state index is 12.7. The van der Waals surface area contributed by atoms with Crippen LogP contribution >= 0.6 is 11.6 Å². The molecule has 0 atom stereocenters. The minimum absolute atomic E-state index is 0.0522. The van der Waals surface area contributed by atoms with Gasteiger partial charge in [0, 0.05) is 16.3 Å². The van der Waals surface area contributed by atoms with Gasteiger partial charge in [-0.25, -0.2) is 13.2 Å². The first-order valence-corrected chi connectivity index (χ1v) is 10.2. The molecule has 2 N–H and O–H groups in total. The van der Waals surface area contributed by atoms with Crippen LogP contribution in [0.4, 0.5) is 11.4 Å². The summed E-state index contributed by atoms with van der Waals surface area (Å²) >= 11 is 5.94. The highest BCUT2D eigenvalue weighted by Crippen LogP contribution is 2.37. The zero-order chi connectivity index (χ0) is 20.0. The van der Waals surface area contributed by atoms with Crippen molar-refractivity contribution in [2.45, 2.75) is 19.4 Å². The first-order valence-electron chi connectivity index (χ1n) is 7.93. The van der Waals surface area contributed by atoms with Gasteiger partial charge in [0.25, 0.3) is 5.91 Å². The van der Waals surface area contributed by atoms with E-state index in [0.717, 1.165) is 11.8 Å². The average molecular weight is 409 g/mol. The van der Waals surface area contributed by atoms with E-state index in [-0.39, 0.29) is 16.3 Å². The molecule has 0 unspecified atom stereocenters. The molecule has 0 saturated carbocycles. The Morgan fingerprint density at radius 2 is 1.85 bits per heavy atom. The van der Waals surface area contributed by atoms with Gasteiger partial charge in [-0.15, -0.1) is 0 Å². The van der Waals surface area contributed by atoms with Gasteiger partial charge in [0.1, 0.15) is 5.60 Å². The summed E-state index contributed by atoms with van der Waals surface area (Å²) in [4.78, 5) is 24.7. The standard InChI is InChI=1S/C18H17ClN2O5S/c1-18(2)14-6-5-11(9-12(14)17(23)26-18)20-16(22)13-8-10(19)4-7-15(13)21-27(3,24)25/h4-9,21H,1-3H3,(H,20,22). The molecule has 1 amide bonds. The Morgan fingerprint density at radius 1 is 1.15 bits per heavy atom. The second-order valence-corrected chi connectivity index (χ2v) is 8.86. The van der Waals surface area contributed by atoms with Crippen molar-refractivity contribution in [3.63, 3.8) is 0 Å². The van der Waals surface area contributed by atoms with Gasteiger partial charge in [-0.1, -0.05) is 17.7 Å². The Bertz CT molecular complexity index is 1060. The molecule has 3 rings (SSSR count). The van der Waals surface area contributed by atoms with Crippen molar-refractivity contribution in [2.75, 3.05) is 16.3 Å². The highest BCUT2D eigenvalue weighted by Gasteiger charge is 2.37. The molecule has 7 nitrogen and oxygen atoms in total. The van der Waals surface area contributed by atoms with Gasteiger partial charge in [-0.2, -0.15) is 0 Å². The van der Waals surface area contributed by atoms with E-state index in [1.165, 1.54) is 24.3 Å². The van der Waals surface area contributed by atoms with Gasteiger partial charge in [0.2, 0.25) is 10.0 Å². The van der Waals surface area contributed by atoms with E-state index in [1.807, 2.05) is 0 Å². The summed E-state index contributed by atoms with van der Waals surface area (Å²) in [7, 11) is -3.58. The zero-order valence-electron chi connectivity index (χ0n) is 14.8. The predicted molar refractivity (Wildman–Crippen MR) is 103 cm³/mol. The smallest absolute Gasteiger partial charge is 0.339 e. The third-order valence-corrected chi connectivity index (χ3v) is 4.84. The fourth-order valence-electron chi connectivity index (χ4n) is 2.85. The van der Waals surface area contributed by atoms with Crippen LogP contribution in [0, 0.1) is 0 Å². The van der Waals surface area contributed by atoms with Gasteiger partial charge >= 0.3 is 5.97 Å². The molecule has 0 aliphatic carbocycles. The van der Waals surface area contributed by atoms with Crippen LogP contribution < -0.4 is 10.0 Å². The normalized spacial score (nSPS) is 15.0. The Balaban J connectivity index is 1.92. The van der Waals surface area contributed by atoms with Crippen LogP contribution in [0.15, 0.2) is 36.4 Å². The topological polar surface area (TPSA) is 102 Å². The molecule has 1 aliphatic heterocycles. The van der Waals surface area contributed by atoms with Crippen molar-refractivity contribution in [1.29, 1.82) is 0 Å². The molecule has 0 fully saturated rings. The van der Waals surface area contributed by atoms with Crippen molar-refractivity contribution >= 4 is 44.9 Å². The zero-order valence-corrected chi connectivity index (χ0v) is 16.4.